The summed E-state index contributed by atoms with van der Waals surface area (Å²) in [4.78, 5) is 22.1. The van der Waals surface area contributed by atoms with Crippen LogP contribution in [0, 0.1) is 0 Å². The number of H-pyrrole nitrogens is 1. The minimum atomic E-state index is -1.09. The number of aromatic nitrogens is 4. The van der Waals surface area contributed by atoms with Crippen molar-refractivity contribution in [2.24, 2.45) is 0 Å². The molecule has 5 N–H and O–H groups in total. The zero-order valence-electron chi connectivity index (χ0n) is 10.1. The molecule has 0 aliphatic carbocycles. The van der Waals surface area contributed by atoms with E-state index in [4.69, 9.17) is 10.8 Å². The second-order valence-electron chi connectivity index (χ2n) is 4.66. The molecule has 19 heavy (non-hydrogen) atoms. The number of thioether (sulfide) groups is 1. The van der Waals surface area contributed by atoms with Gasteiger partial charge in [0.15, 0.2) is 11.2 Å². The third kappa shape index (κ3) is 1.66. The van der Waals surface area contributed by atoms with Crippen molar-refractivity contribution < 1.29 is 10.2 Å². The molecule has 3 atom stereocenters. The summed E-state index contributed by atoms with van der Waals surface area (Å²) in [7, 11) is 0. The van der Waals surface area contributed by atoms with Crippen molar-refractivity contribution in [2.45, 2.75) is 23.1 Å². The zero-order valence-corrected chi connectivity index (χ0v) is 10.9. The molecule has 1 fully saturated rings. The Balaban J connectivity index is 2.11. The molecule has 3 heterocycles. The number of anilines is 1. The number of nitrogens with zero attached hydrogens (tertiary/aromatic N) is 3. The average Bonchev–Trinajstić information content (AvgIpc) is 2.72. The van der Waals surface area contributed by atoms with Gasteiger partial charge in [-0.15, -0.1) is 11.8 Å². The highest BCUT2D eigenvalue weighted by atomic mass is 32.2. The van der Waals surface area contributed by atoms with Crippen molar-refractivity contribution >= 4 is 28.9 Å². The Labute approximate surface area is 111 Å². The maximum absolute atomic E-state index is 11.7. The molecule has 1 saturated heterocycles. The number of rotatable bonds is 2. The molecule has 2 aromatic heterocycles. The van der Waals surface area contributed by atoms with E-state index in [9.17, 15) is 9.90 Å². The van der Waals surface area contributed by atoms with Gasteiger partial charge in [0.05, 0.1) is 18.2 Å². The van der Waals surface area contributed by atoms with Crippen LogP contribution in [0.4, 0.5) is 5.95 Å². The highest BCUT2D eigenvalue weighted by Gasteiger charge is 2.52. The summed E-state index contributed by atoms with van der Waals surface area (Å²) in [5, 5.41) is 18.8. The lowest BCUT2D eigenvalue weighted by Crippen LogP contribution is -2.55. The Morgan fingerprint density at radius 1 is 1.68 bits per heavy atom. The number of aromatic amines is 1. The molecule has 3 rings (SSSR count). The van der Waals surface area contributed by atoms with Crippen LogP contribution in [0.3, 0.4) is 0 Å². The summed E-state index contributed by atoms with van der Waals surface area (Å²) in [6.07, 6.45) is 1.45. The third-order valence-electron chi connectivity index (χ3n) is 3.31. The van der Waals surface area contributed by atoms with E-state index in [1.165, 1.54) is 18.1 Å². The number of nitrogens with two attached hydrogens (primary N) is 1. The number of nitrogens with one attached hydrogen (secondary N) is 1. The first-order valence-corrected chi connectivity index (χ1v) is 6.60. The molecule has 2 aromatic rings. The van der Waals surface area contributed by atoms with Crippen molar-refractivity contribution in [3.05, 3.63) is 16.7 Å². The quantitative estimate of drug-likeness (QED) is 0.559. The van der Waals surface area contributed by atoms with Crippen molar-refractivity contribution in [2.75, 3.05) is 12.3 Å². The Morgan fingerprint density at radius 2 is 2.42 bits per heavy atom. The fourth-order valence-corrected chi connectivity index (χ4v) is 3.51. The Kier molecular flexibility index (Phi) is 2.59. The zero-order chi connectivity index (χ0) is 13.8. The summed E-state index contributed by atoms with van der Waals surface area (Å²) >= 11 is 1.39. The van der Waals surface area contributed by atoms with Gasteiger partial charge in [-0.2, -0.15) is 4.98 Å². The molecular formula is C10H13N5O3S. The van der Waals surface area contributed by atoms with Crippen molar-refractivity contribution in [1.29, 1.82) is 0 Å². The molecule has 0 radical (unpaired) electrons. The average molecular weight is 283 g/mol. The number of nitrogen functional groups attached to an aromatic ring is 1. The number of aliphatic hydroxyl groups excluding tert-OH is 1. The van der Waals surface area contributed by atoms with E-state index in [2.05, 4.69) is 15.0 Å². The van der Waals surface area contributed by atoms with Gasteiger partial charge in [0.25, 0.3) is 5.56 Å². The molecule has 0 saturated carbocycles. The lowest BCUT2D eigenvalue weighted by atomic mass is 10.0. The van der Waals surface area contributed by atoms with Crippen LogP contribution in [0.25, 0.3) is 11.2 Å². The molecule has 8 nitrogen and oxygen atoms in total. The van der Waals surface area contributed by atoms with Crippen LogP contribution >= 0.6 is 11.8 Å². The molecule has 0 bridgehead atoms. The predicted octanol–water partition coefficient (Wildman–Crippen LogP) is -0.941. The SMILES string of the molecule is C[C@]1(O)[C@@H](CO)S[C@H]1n1cnc2c(=O)[nH]c(N)nc21. The second-order valence-corrected chi connectivity index (χ2v) is 5.95. The van der Waals surface area contributed by atoms with Crippen molar-refractivity contribution in [3.63, 3.8) is 0 Å². The van der Waals surface area contributed by atoms with Crippen LogP contribution in [0.2, 0.25) is 0 Å². The van der Waals surface area contributed by atoms with Gasteiger partial charge in [-0.1, -0.05) is 0 Å². The van der Waals surface area contributed by atoms with E-state index in [-0.39, 0.29) is 28.7 Å². The molecule has 0 unspecified atom stereocenters. The minimum Gasteiger partial charge on any atom is -0.395 e. The molecule has 0 aromatic carbocycles. The summed E-state index contributed by atoms with van der Waals surface area (Å²) in [6.45, 7) is 1.52. The van der Waals surface area contributed by atoms with Gasteiger partial charge in [-0.3, -0.25) is 14.3 Å². The van der Waals surface area contributed by atoms with Gasteiger partial charge in [0.2, 0.25) is 5.95 Å². The van der Waals surface area contributed by atoms with E-state index < -0.39 is 11.2 Å². The smallest absolute Gasteiger partial charge is 0.280 e. The monoisotopic (exact) mass is 283 g/mol. The van der Waals surface area contributed by atoms with Crippen LogP contribution in [0.15, 0.2) is 11.1 Å². The van der Waals surface area contributed by atoms with Crippen LogP contribution in [0.1, 0.15) is 12.3 Å². The third-order valence-corrected chi connectivity index (χ3v) is 5.23. The van der Waals surface area contributed by atoms with Crippen LogP contribution in [-0.2, 0) is 0 Å². The number of hydrogen-bond donors (Lipinski definition) is 4. The van der Waals surface area contributed by atoms with Gasteiger partial charge in [0.1, 0.15) is 11.0 Å². The largest absolute Gasteiger partial charge is 0.395 e. The van der Waals surface area contributed by atoms with E-state index in [0.717, 1.165) is 0 Å². The van der Waals surface area contributed by atoms with Gasteiger partial charge in [0, 0.05) is 0 Å². The first-order chi connectivity index (χ1) is 8.95. The van der Waals surface area contributed by atoms with Gasteiger partial charge in [-0.05, 0) is 6.92 Å². The molecular weight excluding hydrogens is 270 g/mol. The molecule has 102 valence electrons. The Hall–Kier alpha value is -1.58. The van der Waals surface area contributed by atoms with Crippen LogP contribution < -0.4 is 11.3 Å². The highest BCUT2D eigenvalue weighted by molar-refractivity contribution is 8.01. The topological polar surface area (TPSA) is 130 Å². The molecule has 9 heteroatoms. The standard InChI is InChI=1S/C10H13N5O3S/c1-10(18)4(2-16)19-8(10)15-3-12-5-6(15)13-9(11)14-7(5)17/h3-4,8,16,18H,2H2,1H3,(H3,11,13,14,17)/t4-,8-,10+/m1/s1. The summed E-state index contributed by atoms with van der Waals surface area (Å²) in [5.74, 6) is 0.00178. The van der Waals surface area contributed by atoms with Gasteiger partial charge >= 0.3 is 0 Å². The molecule has 1 aliphatic heterocycles. The Morgan fingerprint density at radius 3 is 3.05 bits per heavy atom. The van der Waals surface area contributed by atoms with Crippen LogP contribution in [0.5, 0.6) is 0 Å². The maximum Gasteiger partial charge on any atom is 0.280 e. The minimum absolute atomic E-state index is 0.00178. The van der Waals surface area contributed by atoms with Crippen molar-refractivity contribution in [3.8, 4) is 0 Å². The molecule has 0 amide bonds. The van der Waals surface area contributed by atoms with Gasteiger partial charge < -0.3 is 15.9 Å². The van der Waals surface area contributed by atoms with E-state index >= 15 is 0 Å². The summed E-state index contributed by atoms with van der Waals surface area (Å²) in [5.41, 5.74) is 4.52. The number of imidazole rings is 1. The number of fused-ring (bicyclic) bond motifs is 1. The molecule has 0 spiro atoms. The number of hydrogen-bond acceptors (Lipinski definition) is 7. The summed E-state index contributed by atoms with van der Waals surface area (Å²) in [6, 6.07) is 0. The lowest BCUT2D eigenvalue weighted by molar-refractivity contribution is 0.00190. The fraction of sp³-hybridized carbons (Fsp3) is 0.500. The summed E-state index contributed by atoms with van der Waals surface area (Å²) < 4.78 is 1.61. The second kappa shape index (κ2) is 3.95. The molecule has 1 aliphatic rings. The maximum atomic E-state index is 11.7. The Bertz CT molecular complexity index is 694. The van der Waals surface area contributed by atoms with Crippen molar-refractivity contribution in [1.82, 2.24) is 19.5 Å². The first-order valence-electron chi connectivity index (χ1n) is 5.66. The predicted molar refractivity (Wildman–Crippen MR) is 70.7 cm³/mol. The van der Waals surface area contributed by atoms with E-state index in [1.807, 2.05) is 0 Å². The number of aliphatic hydroxyl groups is 2. The fourth-order valence-electron chi connectivity index (χ4n) is 2.21. The first kappa shape index (κ1) is 12.5. The highest BCUT2D eigenvalue weighted by Crippen LogP contribution is 2.53. The van der Waals surface area contributed by atoms with E-state index in [1.54, 1.807) is 11.5 Å². The lowest BCUT2D eigenvalue weighted by Gasteiger charge is -2.49. The normalized spacial score (nSPS) is 30.5. The van der Waals surface area contributed by atoms with Crippen LogP contribution in [-0.4, -0.2) is 47.2 Å². The van der Waals surface area contributed by atoms with E-state index in [0.29, 0.717) is 5.65 Å². The van der Waals surface area contributed by atoms with Gasteiger partial charge in [-0.25, -0.2) is 4.98 Å².